The highest BCUT2D eigenvalue weighted by atomic mass is 16.7. The van der Waals surface area contributed by atoms with Crippen LogP contribution in [-0.2, 0) is 28.6 Å². The van der Waals surface area contributed by atoms with Crippen molar-refractivity contribution in [2.45, 2.75) is 117 Å². The molecule has 37 heavy (non-hydrogen) atoms. The monoisotopic (exact) mass is 527 g/mol. The molecule has 2 N–H and O–H groups in total. The van der Waals surface area contributed by atoms with E-state index < -0.39 is 54.6 Å². The third kappa shape index (κ3) is 7.60. The molecule has 2 heterocycles. The molecule has 2 aliphatic rings. The lowest BCUT2D eigenvalue weighted by atomic mass is 9.80. The molecular formula is C28H49NO8. The van der Waals surface area contributed by atoms with Gasteiger partial charge in [0.05, 0.1) is 24.4 Å². The number of rotatable bonds is 4. The summed E-state index contributed by atoms with van der Waals surface area (Å²) in [4.78, 5) is 41.2. The molecule has 2 rings (SSSR count). The maximum Gasteiger partial charge on any atom is 0.316 e. The number of ketones is 2. The van der Waals surface area contributed by atoms with Gasteiger partial charge >= 0.3 is 5.97 Å². The zero-order valence-corrected chi connectivity index (χ0v) is 24.0. The molecule has 0 aliphatic carbocycles. The second kappa shape index (κ2) is 13.6. The van der Waals surface area contributed by atoms with Gasteiger partial charge in [-0.1, -0.05) is 34.6 Å². The first-order valence-electron chi connectivity index (χ1n) is 13.8. The Bertz CT molecular complexity index is 788. The van der Waals surface area contributed by atoms with Gasteiger partial charge in [-0.05, 0) is 59.0 Å². The number of aliphatic hydroxyl groups excluding tert-OH is 2. The lowest BCUT2D eigenvalue weighted by Gasteiger charge is -2.46. The molecule has 2 aliphatic heterocycles. The van der Waals surface area contributed by atoms with Crippen LogP contribution >= 0.6 is 0 Å². The van der Waals surface area contributed by atoms with Gasteiger partial charge in [0, 0.05) is 18.3 Å². The summed E-state index contributed by atoms with van der Waals surface area (Å²) in [6.45, 7) is 12.7. The van der Waals surface area contributed by atoms with Gasteiger partial charge in [-0.3, -0.25) is 14.4 Å². The van der Waals surface area contributed by atoms with Crippen molar-refractivity contribution in [1.82, 2.24) is 4.90 Å². The number of cyclic esters (lactones) is 1. The molecule has 0 spiro atoms. The van der Waals surface area contributed by atoms with Gasteiger partial charge in [0.15, 0.2) is 12.1 Å². The third-order valence-corrected chi connectivity index (χ3v) is 8.40. The van der Waals surface area contributed by atoms with E-state index in [1.807, 2.05) is 27.7 Å². The molecule has 0 bridgehead atoms. The van der Waals surface area contributed by atoms with Crippen molar-refractivity contribution < 1.29 is 38.8 Å². The van der Waals surface area contributed by atoms with Gasteiger partial charge in [-0.25, -0.2) is 0 Å². The molecule has 2 fully saturated rings. The summed E-state index contributed by atoms with van der Waals surface area (Å²) in [5.74, 6) is -2.96. The Morgan fingerprint density at radius 3 is 2.16 bits per heavy atom. The Hall–Kier alpha value is -1.39. The second-order valence-electron chi connectivity index (χ2n) is 11.6. The molecule has 0 amide bonds. The smallest absolute Gasteiger partial charge is 0.316 e. The summed E-state index contributed by atoms with van der Waals surface area (Å²) < 4.78 is 17.9. The van der Waals surface area contributed by atoms with Crippen LogP contribution in [0.4, 0.5) is 0 Å². The van der Waals surface area contributed by atoms with Gasteiger partial charge in [-0.2, -0.15) is 0 Å². The van der Waals surface area contributed by atoms with Crippen molar-refractivity contribution in [1.29, 1.82) is 0 Å². The Morgan fingerprint density at radius 2 is 1.59 bits per heavy atom. The minimum Gasteiger partial charge on any atom is -0.462 e. The molecule has 0 radical (unpaired) electrons. The molecule has 9 nitrogen and oxygen atoms in total. The fourth-order valence-corrected chi connectivity index (χ4v) is 5.79. The van der Waals surface area contributed by atoms with Crippen LogP contribution in [0.15, 0.2) is 0 Å². The van der Waals surface area contributed by atoms with Crippen molar-refractivity contribution in [3.05, 3.63) is 0 Å². The summed E-state index contributed by atoms with van der Waals surface area (Å²) >= 11 is 0. The van der Waals surface area contributed by atoms with Gasteiger partial charge in [-0.15, -0.1) is 0 Å². The average molecular weight is 528 g/mol. The van der Waals surface area contributed by atoms with Crippen LogP contribution in [0.25, 0.3) is 0 Å². The molecule has 12 unspecified atom stereocenters. The lowest BCUT2D eigenvalue weighted by molar-refractivity contribution is -0.300. The summed E-state index contributed by atoms with van der Waals surface area (Å²) in [5, 5.41) is 21.6. The topological polar surface area (TPSA) is 123 Å². The van der Waals surface area contributed by atoms with E-state index in [4.69, 9.17) is 14.2 Å². The zero-order valence-electron chi connectivity index (χ0n) is 24.0. The highest BCUT2D eigenvalue weighted by molar-refractivity contribution is 6.00. The molecule has 2 saturated heterocycles. The van der Waals surface area contributed by atoms with Gasteiger partial charge in [0.2, 0.25) is 0 Å². The summed E-state index contributed by atoms with van der Waals surface area (Å²) in [6.07, 6.45) is -2.80. The van der Waals surface area contributed by atoms with E-state index in [1.165, 1.54) is 0 Å². The average Bonchev–Trinajstić information content (AvgIpc) is 2.84. The fourth-order valence-electron chi connectivity index (χ4n) is 5.79. The quantitative estimate of drug-likeness (QED) is 0.419. The lowest BCUT2D eigenvalue weighted by Crippen LogP contribution is -2.63. The maximum atomic E-state index is 13.5. The van der Waals surface area contributed by atoms with Crippen molar-refractivity contribution in [3.8, 4) is 0 Å². The van der Waals surface area contributed by atoms with Crippen molar-refractivity contribution in [2.24, 2.45) is 29.6 Å². The zero-order chi connectivity index (χ0) is 28.2. The second-order valence-corrected chi connectivity index (χ2v) is 11.6. The summed E-state index contributed by atoms with van der Waals surface area (Å²) in [6, 6.07) is -0.629. The number of ether oxygens (including phenoxy) is 3. The Labute approximate surface area is 222 Å². The van der Waals surface area contributed by atoms with E-state index in [0.717, 1.165) is 0 Å². The van der Waals surface area contributed by atoms with Crippen molar-refractivity contribution in [3.63, 3.8) is 0 Å². The van der Waals surface area contributed by atoms with Gasteiger partial charge in [0.25, 0.3) is 0 Å². The van der Waals surface area contributed by atoms with Crippen LogP contribution < -0.4 is 0 Å². The Morgan fingerprint density at radius 1 is 0.973 bits per heavy atom. The highest BCUT2D eigenvalue weighted by Gasteiger charge is 2.47. The number of likely N-dealkylation sites (N-methyl/N-ethyl adjacent to an activating group) is 1. The standard InChI is InChI=1S/C28H49NO8/c1-10-21-14(2)11-12-20(30)15(3)13-16(4)26(17(5)23(31)18(6)27(34)36-21)37-28-25(33)22(29(8)9)24(32)19(7)35-28/h14-19,21-22,24-26,28,32-33H,10-13H2,1-9H3. The molecule has 0 aromatic carbocycles. The molecule has 9 heteroatoms. The fraction of sp³-hybridized carbons (Fsp3) is 0.893. The highest BCUT2D eigenvalue weighted by Crippen LogP contribution is 2.33. The molecule has 0 aromatic heterocycles. The molecular weight excluding hydrogens is 478 g/mol. The first-order chi connectivity index (χ1) is 17.2. The molecule has 214 valence electrons. The number of nitrogens with zero attached hydrogens (tertiary/aromatic N) is 1. The van der Waals surface area contributed by atoms with Crippen LogP contribution in [-0.4, -0.2) is 89.6 Å². The minimum atomic E-state index is -1.17. The predicted octanol–water partition coefficient (Wildman–Crippen LogP) is 2.59. The van der Waals surface area contributed by atoms with E-state index in [1.54, 1.807) is 39.8 Å². The van der Waals surface area contributed by atoms with Gasteiger partial charge in [0.1, 0.15) is 23.9 Å². The number of carbonyl (C=O) groups is 3. The van der Waals surface area contributed by atoms with Crippen LogP contribution in [0.3, 0.4) is 0 Å². The number of aliphatic hydroxyl groups is 2. The minimum absolute atomic E-state index is 0.00759. The number of hydrogen-bond acceptors (Lipinski definition) is 9. The van der Waals surface area contributed by atoms with E-state index in [-0.39, 0.29) is 35.4 Å². The van der Waals surface area contributed by atoms with E-state index >= 15 is 0 Å². The van der Waals surface area contributed by atoms with Gasteiger partial charge < -0.3 is 29.3 Å². The van der Waals surface area contributed by atoms with Crippen LogP contribution in [0.5, 0.6) is 0 Å². The van der Waals surface area contributed by atoms with Crippen LogP contribution in [0.1, 0.15) is 74.1 Å². The number of esters is 1. The molecule has 0 aromatic rings. The van der Waals surface area contributed by atoms with Crippen LogP contribution in [0, 0.1) is 29.6 Å². The maximum absolute atomic E-state index is 13.5. The van der Waals surface area contributed by atoms with Crippen molar-refractivity contribution >= 4 is 17.5 Å². The van der Waals surface area contributed by atoms with E-state index in [2.05, 4.69) is 0 Å². The van der Waals surface area contributed by atoms with E-state index in [9.17, 15) is 24.6 Å². The normalized spacial score (nSPS) is 43.4. The first-order valence-corrected chi connectivity index (χ1v) is 13.8. The summed E-state index contributed by atoms with van der Waals surface area (Å²) in [5.41, 5.74) is 0. The van der Waals surface area contributed by atoms with Crippen molar-refractivity contribution in [2.75, 3.05) is 14.1 Å². The SMILES string of the molecule is CCC1OC(=O)C(C)C(=O)C(C)C(OC2OC(C)C(O)C(N(C)C)C2O)C(C)CC(C)C(=O)CCC1C. The van der Waals surface area contributed by atoms with Crippen LogP contribution in [0.2, 0.25) is 0 Å². The number of carbonyl (C=O) groups excluding carboxylic acids is 3. The first kappa shape index (κ1) is 31.8. The number of hydrogen-bond donors (Lipinski definition) is 2. The number of Topliss-reactive ketones (excluding diaryl/α,β-unsaturated/α-hetero) is 2. The van der Waals surface area contributed by atoms with E-state index in [0.29, 0.717) is 25.7 Å². The predicted molar refractivity (Wildman–Crippen MR) is 139 cm³/mol. The summed E-state index contributed by atoms with van der Waals surface area (Å²) in [7, 11) is 3.51. The Kier molecular flexibility index (Phi) is 11.7. The molecule has 0 saturated carbocycles. The third-order valence-electron chi connectivity index (χ3n) is 8.40. The largest absolute Gasteiger partial charge is 0.462 e. The Balaban J connectivity index is 2.39. The molecule has 12 atom stereocenters.